The fraction of sp³-hybridized carbons (Fsp3) is 0.571. The second-order valence-corrected chi connectivity index (χ2v) is 7.42. The highest BCUT2D eigenvalue weighted by molar-refractivity contribution is 7.89. The maximum atomic E-state index is 12.7. The summed E-state index contributed by atoms with van der Waals surface area (Å²) >= 11 is 6.11. The van der Waals surface area contributed by atoms with Crippen molar-refractivity contribution in [3.63, 3.8) is 0 Å². The molecule has 0 bridgehead atoms. The molecule has 0 aromatic heterocycles. The van der Waals surface area contributed by atoms with E-state index in [9.17, 15) is 8.42 Å². The van der Waals surface area contributed by atoms with Crippen LogP contribution in [0.4, 0.5) is 0 Å². The predicted octanol–water partition coefficient (Wildman–Crippen LogP) is 2.62. The summed E-state index contributed by atoms with van der Waals surface area (Å²) in [6, 6.07) is 5.26. The van der Waals surface area contributed by atoms with Gasteiger partial charge in [-0.05, 0) is 44.0 Å². The van der Waals surface area contributed by atoms with Gasteiger partial charge in [-0.15, -0.1) is 0 Å². The summed E-state index contributed by atoms with van der Waals surface area (Å²) < 4.78 is 27.0. The van der Waals surface area contributed by atoms with Crippen molar-refractivity contribution in [2.75, 3.05) is 13.1 Å². The topological polar surface area (TPSA) is 49.4 Å². The summed E-state index contributed by atoms with van der Waals surface area (Å²) in [5, 5.41) is 3.49. The van der Waals surface area contributed by atoms with E-state index < -0.39 is 10.0 Å². The molecule has 4 nitrogen and oxygen atoms in total. The highest BCUT2D eigenvalue weighted by atomic mass is 35.5. The Morgan fingerprint density at radius 2 is 2.20 bits per heavy atom. The van der Waals surface area contributed by atoms with Gasteiger partial charge >= 0.3 is 0 Å². The average molecular weight is 317 g/mol. The maximum Gasteiger partial charge on any atom is 0.244 e. The summed E-state index contributed by atoms with van der Waals surface area (Å²) in [6.45, 7) is 6.03. The van der Waals surface area contributed by atoms with Gasteiger partial charge in [-0.3, -0.25) is 0 Å². The quantitative estimate of drug-likeness (QED) is 0.908. The van der Waals surface area contributed by atoms with Gasteiger partial charge in [-0.2, -0.15) is 4.31 Å². The molecule has 112 valence electrons. The van der Waals surface area contributed by atoms with E-state index in [-0.39, 0.29) is 10.9 Å². The zero-order chi connectivity index (χ0) is 14.8. The van der Waals surface area contributed by atoms with Gasteiger partial charge in [0.1, 0.15) is 4.90 Å². The molecule has 1 unspecified atom stereocenters. The Kier molecular flexibility index (Phi) is 5.07. The molecule has 1 atom stereocenters. The van der Waals surface area contributed by atoms with Crippen LogP contribution in [0.2, 0.25) is 5.02 Å². The SMILES string of the molecule is CCNCc1ccc(Cl)c(S(=O)(=O)N2CCCC2C)c1. The first-order valence-corrected chi connectivity index (χ1v) is 8.79. The maximum absolute atomic E-state index is 12.7. The van der Waals surface area contributed by atoms with Crippen LogP contribution in [0.1, 0.15) is 32.3 Å². The number of hydrogen-bond acceptors (Lipinski definition) is 3. The third-order valence-electron chi connectivity index (χ3n) is 3.65. The van der Waals surface area contributed by atoms with E-state index >= 15 is 0 Å². The lowest BCUT2D eigenvalue weighted by molar-refractivity contribution is 0.408. The average Bonchev–Trinajstić information content (AvgIpc) is 2.84. The van der Waals surface area contributed by atoms with Gasteiger partial charge in [0.25, 0.3) is 0 Å². The van der Waals surface area contributed by atoms with E-state index in [1.807, 2.05) is 19.9 Å². The van der Waals surface area contributed by atoms with Crippen molar-refractivity contribution in [1.82, 2.24) is 9.62 Å². The van der Waals surface area contributed by atoms with Crippen molar-refractivity contribution in [3.05, 3.63) is 28.8 Å². The van der Waals surface area contributed by atoms with Crippen LogP contribution in [0.25, 0.3) is 0 Å². The van der Waals surface area contributed by atoms with Gasteiger partial charge in [-0.1, -0.05) is 24.6 Å². The van der Waals surface area contributed by atoms with Crippen LogP contribution in [0.15, 0.2) is 23.1 Å². The molecule has 1 heterocycles. The third kappa shape index (κ3) is 3.17. The number of benzene rings is 1. The molecule has 0 amide bonds. The minimum Gasteiger partial charge on any atom is -0.313 e. The summed E-state index contributed by atoms with van der Waals surface area (Å²) in [6.07, 6.45) is 1.82. The lowest BCUT2D eigenvalue weighted by atomic mass is 10.2. The van der Waals surface area contributed by atoms with Crippen LogP contribution in [-0.4, -0.2) is 31.9 Å². The number of rotatable bonds is 5. The fourth-order valence-corrected chi connectivity index (χ4v) is 4.74. The second-order valence-electron chi connectivity index (χ2n) is 5.15. The van der Waals surface area contributed by atoms with E-state index in [1.165, 1.54) is 0 Å². The summed E-state index contributed by atoms with van der Waals surface area (Å²) in [5.41, 5.74) is 0.932. The van der Waals surface area contributed by atoms with Gasteiger partial charge in [0.05, 0.1) is 5.02 Å². The fourth-order valence-electron chi connectivity index (χ4n) is 2.52. The largest absolute Gasteiger partial charge is 0.313 e. The van der Waals surface area contributed by atoms with Crippen molar-refractivity contribution in [1.29, 1.82) is 0 Å². The molecule has 1 aromatic carbocycles. The van der Waals surface area contributed by atoms with Gasteiger partial charge in [0, 0.05) is 19.1 Å². The zero-order valence-electron chi connectivity index (χ0n) is 11.9. The normalized spacial score (nSPS) is 20.4. The lowest BCUT2D eigenvalue weighted by Gasteiger charge is -2.22. The van der Waals surface area contributed by atoms with Crippen LogP contribution in [-0.2, 0) is 16.6 Å². The van der Waals surface area contributed by atoms with Crippen LogP contribution in [0.3, 0.4) is 0 Å². The molecule has 1 fully saturated rings. The Bertz CT molecular complexity index is 575. The van der Waals surface area contributed by atoms with Crippen molar-refractivity contribution in [2.24, 2.45) is 0 Å². The van der Waals surface area contributed by atoms with Crippen molar-refractivity contribution in [3.8, 4) is 0 Å². The standard InChI is InChI=1S/C14H21ClN2O2S/c1-3-16-10-12-6-7-13(15)14(9-12)20(18,19)17-8-4-5-11(17)2/h6-7,9,11,16H,3-5,8,10H2,1-2H3. The Morgan fingerprint density at radius 1 is 1.45 bits per heavy atom. The van der Waals surface area contributed by atoms with Crippen LogP contribution >= 0.6 is 11.6 Å². The van der Waals surface area contributed by atoms with Crippen LogP contribution in [0.5, 0.6) is 0 Å². The number of hydrogen-bond donors (Lipinski definition) is 1. The molecular formula is C14H21ClN2O2S. The molecule has 20 heavy (non-hydrogen) atoms. The monoisotopic (exact) mass is 316 g/mol. The molecule has 1 aliphatic rings. The molecule has 0 aliphatic carbocycles. The minimum absolute atomic E-state index is 0.0495. The van der Waals surface area contributed by atoms with Gasteiger partial charge < -0.3 is 5.32 Å². The Hall–Kier alpha value is -0.620. The van der Waals surface area contributed by atoms with E-state index in [0.717, 1.165) is 24.9 Å². The first-order valence-electron chi connectivity index (χ1n) is 6.97. The molecular weight excluding hydrogens is 296 g/mol. The number of halogens is 1. The molecule has 1 aromatic rings. The third-order valence-corrected chi connectivity index (χ3v) is 6.15. The first kappa shape index (κ1) is 15.8. The molecule has 1 N–H and O–H groups in total. The minimum atomic E-state index is -3.49. The molecule has 2 rings (SSSR count). The van der Waals surface area contributed by atoms with E-state index in [4.69, 9.17) is 11.6 Å². The summed E-state index contributed by atoms with van der Waals surface area (Å²) in [7, 11) is -3.49. The summed E-state index contributed by atoms with van der Waals surface area (Å²) in [4.78, 5) is 0.225. The molecule has 1 aliphatic heterocycles. The van der Waals surface area contributed by atoms with Crippen molar-refractivity contribution >= 4 is 21.6 Å². The Balaban J connectivity index is 2.35. The van der Waals surface area contributed by atoms with Crippen LogP contribution < -0.4 is 5.32 Å². The highest BCUT2D eigenvalue weighted by Crippen LogP contribution is 2.30. The van der Waals surface area contributed by atoms with Crippen molar-refractivity contribution in [2.45, 2.75) is 44.2 Å². The van der Waals surface area contributed by atoms with Crippen LogP contribution in [0, 0.1) is 0 Å². The molecule has 0 radical (unpaired) electrons. The molecule has 1 saturated heterocycles. The molecule has 6 heteroatoms. The smallest absolute Gasteiger partial charge is 0.244 e. The zero-order valence-corrected chi connectivity index (χ0v) is 13.5. The van der Waals surface area contributed by atoms with Gasteiger partial charge in [0.15, 0.2) is 0 Å². The highest BCUT2D eigenvalue weighted by Gasteiger charge is 2.33. The second kappa shape index (κ2) is 6.43. The number of sulfonamides is 1. The Morgan fingerprint density at radius 3 is 2.80 bits per heavy atom. The van der Waals surface area contributed by atoms with E-state index in [2.05, 4.69) is 5.32 Å². The molecule has 0 spiro atoms. The molecule has 0 saturated carbocycles. The van der Waals surface area contributed by atoms with E-state index in [1.54, 1.807) is 16.4 Å². The van der Waals surface area contributed by atoms with E-state index in [0.29, 0.717) is 18.1 Å². The summed E-state index contributed by atoms with van der Waals surface area (Å²) in [5.74, 6) is 0. The number of nitrogens with one attached hydrogen (secondary N) is 1. The first-order chi connectivity index (χ1) is 9.46. The van der Waals surface area contributed by atoms with Gasteiger partial charge in [-0.25, -0.2) is 8.42 Å². The number of nitrogens with zero attached hydrogens (tertiary/aromatic N) is 1. The van der Waals surface area contributed by atoms with Gasteiger partial charge in [0.2, 0.25) is 10.0 Å². The predicted molar refractivity (Wildman–Crippen MR) is 81.4 cm³/mol. The Labute approximate surface area is 126 Å². The lowest BCUT2D eigenvalue weighted by Crippen LogP contribution is -2.33. The van der Waals surface area contributed by atoms with Crippen molar-refractivity contribution < 1.29 is 8.42 Å².